The Bertz CT molecular complexity index is 1030. The molecule has 2 atom stereocenters. The lowest BCUT2D eigenvalue weighted by Crippen LogP contribution is -2.48. The van der Waals surface area contributed by atoms with Gasteiger partial charge in [0.15, 0.2) is 0 Å². The Labute approximate surface area is 184 Å². The SMILES string of the molecule is CS(=O)(=O)CCC(NC(=O)OCc1ccccc1)C(=O)NCC(O)c1ccc(F)cc1F. The third-order valence-electron chi connectivity index (χ3n) is 4.39. The first-order chi connectivity index (χ1) is 15.0. The number of alkyl carbamates (subject to hydrolysis) is 1. The van der Waals surface area contributed by atoms with Crippen LogP contribution in [-0.2, 0) is 26.0 Å². The molecular weight excluding hydrogens is 446 g/mol. The maximum atomic E-state index is 13.8. The van der Waals surface area contributed by atoms with E-state index in [4.69, 9.17) is 4.74 Å². The highest BCUT2D eigenvalue weighted by Crippen LogP contribution is 2.17. The second kappa shape index (κ2) is 11.5. The van der Waals surface area contributed by atoms with Crippen LogP contribution >= 0.6 is 0 Å². The lowest BCUT2D eigenvalue weighted by Gasteiger charge is -2.19. The van der Waals surface area contributed by atoms with Crippen LogP contribution in [0.2, 0.25) is 0 Å². The van der Waals surface area contributed by atoms with Gasteiger partial charge < -0.3 is 20.5 Å². The maximum Gasteiger partial charge on any atom is 0.408 e. The number of nitrogens with one attached hydrogen (secondary N) is 2. The molecule has 8 nitrogen and oxygen atoms in total. The molecular formula is C21H24F2N2O6S. The quantitative estimate of drug-likeness (QED) is 0.487. The van der Waals surface area contributed by atoms with Crippen molar-refractivity contribution in [3.63, 3.8) is 0 Å². The van der Waals surface area contributed by atoms with E-state index in [-0.39, 0.29) is 24.3 Å². The maximum absolute atomic E-state index is 13.8. The number of sulfone groups is 1. The number of aliphatic hydroxyl groups excluding tert-OH is 1. The second-order valence-corrected chi connectivity index (χ2v) is 9.36. The van der Waals surface area contributed by atoms with Gasteiger partial charge in [0, 0.05) is 24.4 Å². The first-order valence-electron chi connectivity index (χ1n) is 9.61. The Morgan fingerprint density at radius 2 is 1.81 bits per heavy atom. The van der Waals surface area contributed by atoms with Crippen molar-refractivity contribution < 1.29 is 36.6 Å². The number of aliphatic hydroxyl groups is 1. The van der Waals surface area contributed by atoms with E-state index in [1.165, 1.54) is 0 Å². The summed E-state index contributed by atoms with van der Waals surface area (Å²) in [5.74, 6) is -2.99. The third-order valence-corrected chi connectivity index (χ3v) is 5.37. The van der Waals surface area contributed by atoms with E-state index in [9.17, 15) is 31.9 Å². The van der Waals surface area contributed by atoms with E-state index in [2.05, 4.69) is 10.6 Å². The number of benzene rings is 2. The average molecular weight is 470 g/mol. The molecule has 0 spiro atoms. The number of rotatable bonds is 10. The first-order valence-corrected chi connectivity index (χ1v) is 11.7. The lowest BCUT2D eigenvalue weighted by atomic mass is 10.1. The van der Waals surface area contributed by atoms with Gasteiger partial charge in [-0.2, -0.15) is 0 Å². The second-order valence-electron chi connectivity index (χ2n) is 7.10. The zero-order valence-corrected chi connectivity index (χ0v) is 18.1. The van der Waals surface area contributed by atoms with Gasteiger partial charge in [-0.15, -0.1) is 0 Å². The van der Waals surface area contributed by atoms with Gasteiger partial charge in [0.05, 0.1) is 11.9 Å². The Morgan fingerprint density at radius 1 is 1.12 bits per heavy atom. The molecule has 2 amide bonds. The van der Waals surface area contributed by atoms with Crippen LogP contribution in [0.4, 0.5) is 13.6 Å². The van der Waals surface area contributed by atoms with E-state index >= 15 is 0 Å². The molecule has 2 rings (SSSR count). The summed E-state index contributed by atoms with van der Waals surface area (Å²) < 4.78 is 54.8. The fraction of sp³-hybridized carbons (Fsp3) is 0.333. The number of hydrogen-bond acceptors (Lipinski definition) is 6. The van der Waals surface area contributed by atoms with Crippen molar-refractivity contribution in [2.45, 2.75) is 25.2 Å². The van der Waals surface area contributed by atoms with Gasteiger partial charge in [0.2, 0.25) is 5.91 Å². The summed E-state index contributed by atoms with van der Waals surface area (Å²) in [6.07, 6.45) is -1.68. The normalized spacial score (nSPS) is 13.1. The molecule has 32 heavy (non-hydrogen) atoms. The van der Waals surface area contributed by atoms with E-state index < -0.39 is 52.2 Å². The Balaban J connectivity index is 1.97. The van der Waals surface area contributed by atoms with Crippen molar-refractivity contribution in [1.82, 2.24) is 10.6 Å². The molecule has 0 saturated heterocycles. The van der Waals surface area contributed by atoms with Gasteiger partial charge in [-0.25, -0.2) is 22.0 Å². The molecule has 2 aromatic carbocycles. The molecule has 174 valence electrons. The first kappa shape index (κ1) is 25.2. The molecule has 0 radical (unpaired) electrons. The standard InChI is InChI=1S/C21H24F2N2O6S/c1-32(29,30)10-9-18(25-21(28)31-13-14-5-3-2-4-6-14)20(27)24-12-19(26)16-8-7-15(22)11-17(16)23/h2-8,11,18-19,26H,9-10,12-13H2,1H3,(H,24,27)(H,25,28). The minimum Gasteiger partial charge on any atom is -0.445 e. The number of halogens is 2. The topological polar surface area (TPSA) is 122 Å². The van der Waals surface area contributed by atoms with Gasteiger partial charge in [-0.3, -0.25) is 4.79 Å². The summed E-state index contributed by atoms with van der Waals surface area (Å²) >= 11 is 0. The van der Waals surface area contributed by atoms with Crippen molar-refractivity contribution in [3.8, 4) is 0 Å². The van der Waals surface area contributed by atoms with Crippen molar-refractivity contribution >= 4 is 21.8 Å². The predicted octanol–water partition coefficient (Wildman–Crippen LogP) is 1.84. The molecule has 11 heteroatoms. The molecule has 0 saturated carbocycles. The summed E-state index contributed by atoms with van der Waals surface area (Å²) in [5, 5.41) is 14.7. The van der Waals surface area contributed by atoms with Crippen molar-refractivity contribution in [2.24, 2.45) is 0 Å². The molecule has 0 heterocycles. The molecule has 3 N–H and O–H groups in total. The number of amides is 2. The Kier molecular flexibility index (Phi) is 9.09. The smallest absolute Gasteiger partial charge is 0.408 e. The summed E-state index contributed by atoms with van der Waals surface area (Å²) in [4.78, 5) is 24.6. The van der Waals surface area contributed by atoms with Crippen LogP contribution in [0.1, 0.15) is 23.7 Å². The van der Waals surface area contributed by atoms with Crippen LogP contribution in [-0.4, -0.2) is 50.1 Å². The zero-order chi connectivity index (χ0) is 23.7. The van der Waals surface area contributed by atoms with Gasteiger partial charge in [-0.05, 0) is 18.1 Å². The Morgan fingerprint density at radius 3 is 2.44 bits per heavy atom. The third kappa shape index (κ3) is 8.60. The van der Waals surface area contributed by atoms with E-state index in [1.54, 1.807) is 30.3 Å². The van der Waals surface area contributed by atoms with Crippen molar-refractivity contribution in [3.05, 3.63) is 71.3 Å². The van der Waals surface area contributed by atoms with Crippen molar-refractivity contribution in [1.29, 1.82) is 0 Å². The fourth-order valence-electron chi connectivity index (χ4n) is 2.71. The van der Waals surface area contributed by atoms with E-state index in [0.717, 1.165) is 18.4 Å². The molecule has 0 aliphatic rings. The van der Waals surface area contributed by atoms with Crippen LogP contribution in [0, 0.1) is 11.6 Å². The summed E-state index contributed by atoms with van der Waals surface area (Å²) in [5.41, 5.74) is 0.485. The monoisotopic (exact) mass is 470 g/mol. The largest absolute Gasteiger partial charge is 0.445 e. The summed E-state index contributed by atoms with van der Waals surface area (Å²) in [6, 6.07) is 10.1. The number of hydrogen-bond donors (Lipinski definition) is 3. The number of carbonyl (C=O) groups excluding carboxylic acids is 2. The minimum atomic E-state index is -3.43. The minimum absolute atomic E-state index is 0.0599. The molecule has 0 aliphatic heterocycles. The van der Waals surface area contributed by atoms with E-state index in [1.807, 2.05) is 0 Å². The summed E-state index contributed by atoms with van der Waals surface area (Å²) in [7, 11) is -3.43. The zero-order valence-electron chi connectivity index (χ0n) is 17.3. The highest BCUT2D eigenvalue weighted by Gasteiger charge is 2.24. The fourth-order valence-corrected chi connectivity index (χ4v) is 3.37. The molecule has 0 aliphatic carbocycles. The van der Waals surface area contributed by atoms with Crippen LogP contribution in [0.15, 0.2) is 48.5 Å². The number of ether oxygens (including phenoxy) is 1. The van der Waals surface area contributed by atoms with Crippen LogP contribution in [0.5, 0.6) is 0 Å². The molecule has 0 aromatic heterocycles. The molecule has 2 aromatic rings. The summed E-state index contributed by atoms with van der Waals surface area (Å²) in [6.45, 7) is -0.507. The van der Waals surface area contributed by atoms with Gasteiger partial charge in [0.1, 0.15) is 34.1 Å². The van der Waals surface area contributed by atoms with Gasteiger partial charge >= 0.3 is 6.09 Å². The van der Waals surface area contributed by atoms with Crippen LogP contribution in [0.3, 0.4) is 0 Å². The van der Waals surface area contributed by atoms with Crippen LogP contribution < -0.4 is 10.6 Å². The van der Waals surface area contributed by atoms with Crippen molar-refractivity contribution in [2.75, 3.05) is 18.6 Å². The number of carbonyl (C=O) groups is 2. The van der Waals surface area contributed by atoms with Crippen LogP contribution in [0.25, 0.3) is 0 Å². The van der Waals surface area contributed by atoms with Gasteiger partial charge in [-0.1, -0.05) is 36.4 Å². The Hall–Kier alpha value is -3.05. The van der Waals surface area contributed by atoms with Gasteiger partial charge in [0.25, 0.3) is 0 Å². The van der Waals surface area contributed by atoms with E-state index in [0.29, 0.717) is 11.6 Å². The highest BCUT2D eigenvalue weighted by molar-refractivity contribution is 7.90. The predicted molar refractivity (Wildman–Crippen MR) is 112 cm³/mol. The molecule has 0 fully saturated rings. The molecule has 2 unspecified atom stereocenters. The average Bonchev–Trinajstić information content (AvgIpc) is 2.73. The lowest BCUT2D eigenvalue weighted by molar-refractivity contribution is -0.123. The molecule has 0 bridgehead atoms. The highest BCUT2D eigenvalue weighted by atomic mass is 32.2.